The molecule has 1 unspecified atom stereocenters. The second-order valence-corrected chi connectivity index (χ2v) is 8.64. The Hall–Kier alpha value is -3.38. The minimum atomic E-state index is -0.359. The predicted molar refractivity (Wildman–Crippen MR) is 126 cm³/mol. The summed E-state index contributed by atoms with van der Waals surface area (Å²) in [6, 6.07) is 19.1. The first-order chi connectivity index (χ1) is 16.1. The summed E-state index contributed by atoms with van der Waals surface area (Å²) in [7, 11) is 0. The minimum absolute atomic E-state index is 0.191. The maximum absolute atomic E-state index is 12.6. The Morgan fingerprint density at radius 2 is 1.94 bits per heavy atom. The van der Waals surface area contributed by atoms with Crippen molar-refractivity contribution in [3.05, 3.63) is 83.6 Å². The van der Waals surface area contributed by atoms with Gasteiger partial charge in [0.25, 0.3) is 0 Å². The number of benzene rings is 2. The topological polar surface area (TPSA) is 54.8 Å². The first-order valence-corrected chi connectivity index (χ1v) is 11.3. The highest BCUT2D eigenvalue weighted by atomic mass is 19.1. The Labute approximate surface area is 193 Å². The van der Waals surface area contributed by atoms with Crippen LogP contribution in [0, 0.1) is 5.92 Å². The molecule has 1 atom stereocenters. The smallest absolute Gasteiger partial charge is 0.221 e. The Balaban J connectivity index is 1.36. The molecule has 2 aromatic carbocycles. The third kappa shape index (κ3) is 4.44. The van der Waals surface area contributed by atoms with E-state index in [9.17, 15) is 9.50 Å². The number of aromatic hydroxyl groups is 1. The zero-order valence-electron chi connectivity index (χ0n) is 18.6. The predicted octanol–water partition coefficient (Wildman–Crippen LogP) is 5.13. The van der Waals surface area contributed by atoms with Crippen LogP contribution in [0.5, 0.6) is 17.4 Å². The van der Waals surface area contributed by atoms with Gasteiger partial charge in [-0.05, 0) is 60.0 Å². The zero-order chi connectivity index (χ0) is 22.8. The van der Waals surface area contributed by atoms with Gasteiger partial charge in [0.1, 0.15) is 18.1 Å². The first-order valence-electron chi connectivity index (χ1n) is 11.3. The molecule has 1 fully saturated rings. The van der Waals surface area contributed by atoms with E-state index >= 15 is 0 Å². The highest BCUT2D eigenvalue weighted by Gasteiger charge is 2.30. The van der Waals surface area contributed by atoms with Crippen LogP contribution in [0.3, 0.4) is 0 Å². The highest BCUT2D eigenvalue weighted by molar-refractivity contribution is 5.95. The van der Waals surface area contributed by atoms with Crippen LogP contribution in [-0.2, 0) is 0 Å². The lowest BCUT2D eigenvalue weighted by atomic mass is 9.87. The van der Waals surface area contributed by atoms with Gasteiger partial charge in [-0.25, -0.2) is 4.98 Å². The number of hydrogen-bond acceptors (Lipinski definition) is 5. The molecule has 0 radical (unpaired) electrons. The van der Waals surface area contributed by atoms with E-state index in [0.717, 1.165) is 53.2 Å². The van der Waals surface area contributed by atoms with Crippen molar-refractivity contribution in [1.82, 2.24) is 9.88 Å². The number of phenolic OH excluding ortho intramolecular Hbond substituents is 1. The SMILES string of the molecule is CC1=C(c2cccc(O)c2)C(c2ccc(OCCN3CC(CF)C3)cc2)Oc2ncccc21. The van der Waals surface area contributed by atoms with Gasteiger partial charge >= 0.3 is 0 Å². The van der Waals surface area contributed by atoms with E-state index in [2.05, 4.69) is 16.8 Å². The fraction of sp³-hybridized carbons (Fsp3) is 0.296. The van der Waals surface area contributed by atoms with Gasteiger partial charge in [-0.1, -0.05) is 24.3 Å². The van der Waals surface area contributed by atoms with Crippen molar-refractivity contribution in [2.75, 3.05) is 32.9 Å². The van der Waals surface area contributed by atoms with Crippen LogP contribution in [-0.4, -0.2) is 47.9 Å². The lowest BCUT2D eigenvalue weighted by molar-refractivity contribution is 0.0668. The molecule has 170 valence electrons. The zero-order valence-corrected chi connectivity index (χ0v) is 18.6. The number of nitrogens with zero attached hydrogens (tertiary/aromatic N) is 2. The van der Waals surface area contributed by atoms with Crippen molar-refractivity contribution < 1.29 is 19.0 Å². The Morgan fingerprint density at radius 1 is 1.12 bits per heavy atom. The van der Waals surface area contributed by atoms with Gasteiger partial charge in [-0.15, -0.1) is 0 Å². The molecular formula is C27H27FN2O3. The second-order valence-electron chi connectivity index (χ2n) is 8.64. The van der Waals surface area contributed by atoms with Gasteiger partial charge in [0.05, 0.1) is 6.67 Å². The standard InChI is InChI=1S/C27H27FN2O3/c1-18-24-6-3-11-29-27(24)33-26(25(18)21-4-2-5-22(31)14-21)20-7-9-23(10-8-20)32-13-12-30-16-19(15-28)17-30/h2-11,14,19,26,31H,12-13,15-17H2,1H3. The summed E-state index contributed by atoms with van der Waals surface area (Å²) in [5, 5.41) is 10.1. The molecule has 2 aliphatic heterocycles. The summed E-state index contributed by atoms with van der Waals surface area (Å²) in [6.07, 6.45) is 1.37. The van der Waals surface area contributed by atoms with Crippen molar-refractivity contribution in [2.45, 2.75) is 13.0 Å². The number of aromatic nitrogens is 1. The average Bonchev–Trinajstić information content (AvgIpc) is 2.81. The van der Waals surface area contributed by atoms with Crippen LogP contribution in [0.2, 0.25) is 0 Å². The molecule has 1 saturated heterocycles. The maximum Gasteiger partial charge on any atom is 0.221 e. The van der Waals surface area contributed by atoms with Crippen LogP contribution in [0.15, 0.2) is 66.9 Å². The lowest BCUT2D eigenvalue weighted by Gasteiger charge is -2.37. The molecule has 0 bridgehead atoms. The van der Waals surface area contributed by atoms with E-state index in [1.165, 1.54) is 0 Å². The van der Waals surface area contributed by atoms with E-state index in [-0.39, 0.29) is 24.4 Å². The normalized spacial score (nSPS) is 18.4. The molecule has 1 aromatic heterocycles. The van der Waals surface area contributed by atoms with Crippen molar-refractivity contribution in [2.24, 2.45) is 5.92 Å². The molecule has 6 heteroatoms. The molecule has 5 rings (SSSR count). The number of halogens is 1. The summed E-state index contributed by atoms with van der Waals surface area (Å²) in [4.78, 5) is 6.63. The van der Waals surface area contributed by atoms with Crippen LogP contribution < -0.4 is 9.47 Å². The Morgan fingerprint density at radius 3 is 2.70 bits per heavy atom. The lowest BCUT2D eigenvalue weighted by Crippen LogP contribution is -2.49. The largest absolute Gasteiger partial charge is 0.508 e. The number of pyridine rings is 1. The number of allylic oxidation sites excluding steroid dienone is 1. The number of fused-ring (bicyclic) bond motifs is 1. The summed E-state index contributed by atoms with van der Waals surface area (Å²) in [6.45, 7) is 4.84. The van der Waals surface area contributed by atoms with Crippen molar-refractivity contribution in [1.29, 1.82) is 0 Å². The van der Waals surface area contributed by atoms with Crippen molar-refractivity contribution in [3.8, 4) is 17.4 Å². The molecule has 0 spiro atoms. The number of ether oxygens (including phenoxy) is 2. The molecule has 5 nitrogen and oxygen atoms in total. The van der Waals surface area contributed by atoms with E-state index in [1.807, 2.05) is 48.5 Å². The number of phenols is 1. The summed E-state index contributed by atoms with van der Waals surface area (Å²) >= 11 is 0. The molecular weight excluding hydrogens is 419 g/mol. The number of rotatable bonds is 7. The molecule has 0 aliphatic carbocycles. The van der Waals surface area contributed by atoms with E-state index in [1.54, 1.807) is 18.3 Å². The summed E-state index contributed by atoms with van der Waals surface area (Å²) in [5.41, 5.74) is 4.91. The van der Waals surface area contributed by atoms with Gasteiger partial charge in [0.15, 0.2) is 6.10 Å². The van der Waals surface area contributed by atoms with Gasteiger partial charge in [-0.3, -0.25) is 9.29 Å². The van der Waals surface area contributed by atoms with E-state index in [4.69, 9.17) is 9.47 Å². The van der Waals surface area contributed by atoms with E-state index < -0.39 is 0 Å². The highest BCUT2D eigenvalue weighted by Crippen LogP contribution is 2.46. The summed E-state index contributed by atoms with van der Waals surface area (Å²) in [5.74, 6) is 1.80. The molecule has 33 heavy (non-hydrogen) atoms. The first kappa shape index (κ1) is 21.5. The minimum Gasteiger partial charge on any atom is -0.508 e. The van der Waals surface area contributed by atoms with Gasteiger partial charge in [0.2, 0.25) is 5.88 Å². The summed E-state index contributed by atoms with van der Waals surface area (Å²) < 4.78 is 24.8. The maximum atomic E-state index is 12.6. The van der Waals surface area contributed by atoms with Crippen LogP contribution in [0.4, 0.5) is 4.39 Å². The van der Waals surface area contributed by atoms with Crippen molar-refractivity contribution >= 4 is 11.1 Å². The number of likely N-dealkylation sites (tertiary alicyclic amines) is 1. The molecule has 0 saturated carbocycles. The van der Waals surface area contributed by atoms with Gasteiger partial charge < -0.3 is 14.6 Å². The molecule has 0 amide bonds. The Kier molecular flexibility index (Phi) is 6.01. The molecule has 1 N–H and O–H groups in total. The van der Waals surface area contributed by atoms with Gasteiger partial charge in [0, 0.05) is 42.9 Å². The van der Waals surface area contributed by atoms with Crippen LogP contribution in [0.1, 0.15) is 29.7 Å². The second kappa shape index (κ2) is 9.24. The fourth-order valence-corrected chi connectivity index (χ4v) is 4.55. The third-order valence-electron chi connectivity index (χ3n) is 6.34. The Bertz CT molecular complexity index is 1160. The molecule has 3 aromatic rings. The van der Waals surface area contributed by atoms with Crippen LogP contribution in [0.25, 0.3) is 11.1 Å². The van der Waals surface area contributed by atoms with Crippen molar-refractivity contribution in [3.63, 3.8) is 0 Å². The fourth-order valence-electron chi connectivity index (χ4n) is 4.55. The number of alkyl halides is 1. The van der Waals surface area contributed by atoms with Gasteiger partial charge in [-0.2, -0.15) is 0 Å². The number of hydrogen-bond donors (Lipinski definition) is 1. The molecule has 2 aliphatic rings. The third-order valence-corrected chi connectivity index (χ3v) is 6.34. The quantitative estimate of drug-likeness (QED) is 0.545. The van der Waals surface area contributed by atoms with E-state index in [0.29, 0.717) is 12.5 Å². The monoisotopic (exact) mass is 446 g/mol. The molecule has 3 heterocycles. The van der Waals surface area contributed by atoms with Crippen LogP contribution >= 0.6 is 0 Å². The average molecular weight is 447 g/mol.